The molecule has 25 heavy (non-hydrogen) atoms. The second kappa shape index (κ2) is 7.17. The first-order valence-corrected chi connectivity index (χ1v) is 8.07. The molecule has 1 heterocycles. The molecule has 1 fully saturated rings. The van der Waals surface area contributed by atoms with Crippen LogP contribution in [0.15, 0.2) is 48.5 Å². The maximum absolute atomic E-state index is 12.1. The number of nitrogens with one attached hydrogen (secondary N) is 2. The van der Waals surface area contributed by atoms with E-state index in [1.807, 2.05) is 24.0 Å². The van der Waals surface area contributed by atoms with Crippen molar-refractivity contribution in [2.45, 2.75) is 6.92 Å². The molecule has 3 rings (SSSR count). The summed E-state index contributed by atoms with van der Waals surface area (Å²) < 4.78 is 0. The second-order valence-corrected chi connectivity index (χ2v) is 5.97. The number of carbonyl (C=O) groups excluding carboxylic acids is 3. The zero-order valence-corrected chi connectivity index (χ0v) is 13.9. The molecule has 6 nitrogen and oxygen atoms in total. The van der Waals surface area contributed by atoms with Gasteiger partial charge in [0.2, 0.25) is 5.91 Å². The molecule has 0 spiro atoms. The molecule has 0 radical (unpaired) electrons. The van der Waals surface area contributed by atoms with E-state index in [1.165, 1.54) is 0 Å². The van der Waals surface area contributed by atoms with Crippen LogP contribution >= 0.6 is 0 Å². The molecule has 0 aromatic heterocycles. The average Bonchev–Trinajstić information content (AvgIpc) is 2.62. The van der Waals surface area contributed by atoms with Crippen LogP contribution in [0.3, 0.4) is 0 Å². The molecule has 6 heteroatoms. The van der Waals surface area contributed by atoms with Crippen LogP contribution in [-0.2, 0) is 9.59 Å². The van der Waals surface area contributed by atoms with Gasteiger partial charge < -0.3 is 15.5 Å². The van der Waals surface area contributed by atoms with Crippen molar-refractivity contribution in [3.05, 3.63) is 59.7 Å². The molecule has 1 aliphatic heterocycles. The molecular weight excluding hydrogens is 318 g/mol. The van der Waals surface area contributed by atoms with Crippen LogP contribution < -0.4 is 15.5 Å². The van der Waals surface area contributed by atoms with Crippen molar-refractivity contribution in [1.82, 2.24) is 5.32 Å². The smallest absolute Gasteiger partial charge is 0.296 e. The van der Waals surface area contributed by atoms with Gasteiger partial charge in [-0.1, -0.05) is 29.8 Å². The van der Waals surface area contributed by atoms with Crippen molar-refractivity contribution < 1.29 is 14.4 Å². The number of Topliss-reactive ketones (excluding diaryl/α,β-unsaturated/α-hetero) is 1. The number of ketones is 1. The first kappa shape index (κ1) is 16.7. The summed E-state index contributed by atoms with van der Waals surface area (Å²) in [6.07, 6.45) is 0. The van der Waals surface area contributed by atoms with E-state index in [4.69, 9.17) is 0 Å². The summed E-state index contributed by atoms with van der Waals surface area (Å²) in [7, 11) is 0. The third-order valence-corrected chi connectivity index (χ3v) is 4.05. The summed E-state index contributed by atoms with van der Waals surface area (Å²) in [5.74, 6) is -1.25. The van der Waals surface area contributed by atoms with E-state index in [-0.39, 0.29) is 5.91 Å². The standard InChI is InChI=1S/C19H19N3O3/c1-13-2-4-14(5-3-13)18(24)19(25)21-15-6-8-16(9-7-15)22-11-10-20-17(23)12-22/h2-9H,10-12H2,1H3,(H,20,23)(H,21,25). The molecule has 2 aromatic carbocycles. The molecule has 0 bridgehead atoms. The fraction of sp³-hybridized carbons (Fsp3) is 0.211. The Bertz CT molecular complexity index is 798. The number of nitrogens with zero attached hydrogens (tertiary/aromatic N) is 1. The highest BCUT2D eigenvalue weighted by Gasteiger charge is 2.18. The molecule has 2 N–H and O–H groups in total. The van der Waals surface area contributed by atoms with Crippen LogP contribution in [0.2, 0.25) is 0 Å². The Morgan fingerprint density at radius 3 is 2.36 bits per heavy atom. The number of rotatable bonds is 4. The third kappa shape index (κ3) is 4.03. The maximum atomic E-state index is 12.1. The predicted octanol–water partition coefficient (Wildman–Crippen LogP) is 1.75. The lowest BCUT2D eigenvalue weighted by Gasteiger charge is -2.28. The Hall–Kier alpha value is -3.15. The van der Waals surface area contributed by atoms with E-state index in [9.17, 15) is 14.4 Å². The van der Waals surface area contributed by atoms with E-state index < -0.39 is 11.7 Å². The second-order valence-electron chi connectivity index (χ2n) is 5.97. The molecule has 128 valence electrons. The number of hydrogen-bond donors (Lipinski definition) is 2. The lowest BCUT2D eigenvalue weighted by atomic mass is 10.1. The van der Waals surface area contributed by atoms with Gasteiger partial charge in [0.1, 0.15) is 0 Å². The normalized spacial score (nSPS) is 14.0. The van der Waals surface area contributed by atoms with Crippen LogP contribution in [0.25, 0.3) is 0 Å². The number of hydrogen-bond acceptors (Lipinski definition) is 4. The summed E-state index contributed by atoms with van der Waals surface area (Å²) in [6.45, 7) is 3.59. The molecule has 2 aromatic rings. The molecule has 0 aliphatic carbocycles. The Kier molecular flexibility index (Phi) is 4.79. The Morgan fingerprint density at radius 1 is 1.04 bits per heavy atom. The van der Waals surface area contributed by atoms with Crippen molar-refractivity contribution in [2.24, 2.45) is 0 Å². The number of carbonyl (C=O) groups is 3. The number of aryl methyl sites for hydroxylation is 1. The summed E-state index contributed by atoms with van der Waals surface area (Å²) in [4.78, 5) is 37.7. The van der Waals surface area contributed by atoms with Gasteiger partial charge >= 0.3 is 0 Å². The first-order valence-electron chi connectivity index (χ1n) is 8.07. The minimum Gasteiger partial charge on any atom is -0.360 e. The summed E-state index contributed by atoms with van der Waals surface area (Å²) in [5.41, 5.74) is 2.83. The van der Waals surface area contributed by atoms with Crippen molar-refractivity contribution in [3.63, 3.8) is 0 Å². The van der Waals surface area contributed by atoms with Crippen LogP contribution in [0.1, 0.15) is 15.9 Å². The topological polar surface area (TPSA) is 78.5 Å². The molecule has 0 saturated carbocycles. The Labute approximate surface area is 145 Å². The van der Waals surface area contributed by atoms with Crippen molar-refractivity contribution in [3.8, 4) is 0 Å². The lowest BCUT2D eigenvalue weighted by molar-refractivity contribution is -0.120. The number of amides is 2. The van der Waals surface area contributed by atoms with Gasteiger partial charge in [-0.15, -0.1) is 0 Å². The van der Waals surface area contributed by atoms with Gasteiger partial charge in [0.15, 0.2) is 0 Å². The maximum Gasteiger partial charge on any atom is 0.296 e. The van der Waals surface area contributed by atoms with Gasteiger partial charge in [0.05, 0.1) is 6.54 Å². The first-order chi connectivity index (χ1) is 12.0. The van der Waals surface area contributed by atoms with Gasteiger partial charge in [-0.2, -0.15) is 0 Å². The zero-order chi connectivity index (χ0) is 17.8. The number of anilines is 2. The number of piperazine rings is 1. The molecule has 1 saturated heterocycles. The Balaban J connectivity index is 1.64. The molecule has 2 amide bonds. The van der Waals surface area contributed by atoms with Crippen LogP contribution in [0.5, 0.6) is 0 Å². The van der Waals surface area contributed by atoms with E-state index in [0.29, 0.717) is 24.3 Å². The van der Waals surface area contributed by atoms with Crippen molar-refractivity contribution >= 4 is 29.0 Å². The largest absolute Gasteiger partial charge is 0.360 e. The lowest BCUT2D eigenvalue weighted by Crippen LogP contribution is -2.47. The highest BCUT2D eigenvalue weighted by Crippen LogP contribution is 2.19. The van der Waals surface area contributed by atoms with Crippen LogP contribution in [0, 0.1) is 6.92 Å². The van der Waals surface area contributed by atoms with E-state index in [1.54, 1.807) is 36.4 Å². The van der Waals surface area contributed by atoms with Gasteiger partial charge in [-0.25, -0.2) is 0 Å². The SMILES string of the molecule is Cc1ccc(C(=O)C(=O)Nc2ccc(N3CCNC(=O)C3)cc2)cc1. The van der Waals surface area contributed by atoms with Gasteiger partial charge in [0.25, 0.3) is 11.7 Å². The fourth-order valence-corrected chi connectivity index (χ4v) is 2.64. The van der Waals surface area contributed by atoms with Crippen molar-refractivity contribution in [2.75, 3.05) is 29.9 Å². The summed E-state index contributed by atoms with van der Waals surface area (Å²) in [5, 5.41) is 5.38. The van der Waals surface area contributed by atoms with E-state index in [0.717, 1.165) is 17.8 Å². The van der Waals surface area contributed by atoms with E-state index >= 15 is 0 Å². The summed E-state index contributed by atoms with van der Waals surface area (Å²) in [6, 6.07) is 14.0. The average molecular weight is 337 g/mol. The molecule has 0 unspecified atom stereocenters. The molecular formula is C19H19N3O3. The zero-order valence-electron chi connectivity index (χ0n) is 13.9. The van der Waals surface area contributed by atoms with Gasteiger partial charge in [-0.3, -0.25) is 14.4 Å². The quantitative estimate of drug-likeness (QED) is 0.658. The Morgan fingerprint density at radius 2 is 1.72 bits per heavy atom. The highest BCUT2D eigenvalue weighted by molar-refractivity contribution is 6.46. The summed E-state index contributed by atoms with van der Waals surface area (Å²) >= 11 is 0. The van der Waals surface area contributed by atoms with Crippen molar-refractivity contribution in [1.29, 1.82) is 0 Å². The highest BCUT2D eigenvalue weighted by atomic mass is 16.2. The third-order valence-electron chi connectivity index (χ3n) is 4.05. The minimum atomic E-state index is -0.672. The predicted molar refractivity (Wildman–Crippen MR) is 95.8 cm³/mol. The van der Waals surface area contributed by atoms with Gasteiger partial charge in [-0.05, 0) is 31.2 Å². The monoisotopic (exact) mass is 337 g/mol. The van der Waals surface area contributed by atoms with Crippen LogP contribution in [-0.4, -0.2) is 37.2 Å². The van der Waals surface area contributed by atoms with E-state index in [2.05, 4.69) is 10.6 Å². The molecule has 1 aliphatic rings. The number of benzene rings is 2. The minimum absolute atomic E-state index is 0.00711. The van der Waals surface area contributed by atoms with Gasteiger partial charge in [0, 0.05) is 30.0 Å². The van der Waals surface area contributed by atoms with Crippen LogP contribution in [0.4, 0.5) is 11.4 Å². The molecule has 0 atom stereocenters. The fourth-order valence-electron chi connectivity index (χ4n) is 2.64.